The zero-order valence-corrected chi connectivity index (χ0v) is 16.5. The van der Waals surface area contributed by atoms with Crippen LogP contribution < -0.4 is 5.32 Å². The second kappa shape index (κ2) is 10.6. The Morgan fingerprint density at radius 1 is 1.00 bits per heavy atom. The van der Waals surface area contributed by atoms with Crippen LogP contribution in [0.5, 0.6) is 0 Å². The predicted molar refractivity (Wildman–Crippen MR) is 111 cm³/mol. The van der Waals surface area contributed by atoms with Crippen LogP contribution in [0.25, 0.3) is 0 Å². The molecular formula is C21H31N3OS. The van der Waals surface area contributed by atoms with Crippen LogP contribution >= 0.6 is 11.8 Å². The van der Waals surface area contributed by atoms with Crippen molar-refractivity contribution in [2.75, 3.05) is 18.8 Å². The van der Waals surface area contributed by atoms with Crippen LogP contribution in [0.3, 0.4) is 0 Å². The van der Waals surface area contributed by atoms with E-state index in [1.54, 1.807) is 11.8 Å². The number of hydrogen-bond acceptors (Lipinski definition) is 3. The van der Waals surface area contributed by atoms with Gasteiger partial charge in [-0.25, -0.2) is 4.99 Å². The number of carbonyl (C=O) groups excluding carboxylic acids is 1. The van der Waals surface area contributed by atoms with Crippen molar-refractivity contribution in [1.29, 1.82) is 0 Å². The fourth-order valence-electron chi connectivity index (χ4n) is 3.72. The van der Waals surface area contributed by atoms with Gasteiger partial charge in [0, 0.05) is 19.1 Å². The number of likely N-dealkylation sites (tertiary alicyclic amines) is 1. The third-order valence-corrected chi connectivity index (χ3v) is 6.17. The van der Waals surface area contributed by atoms with Gasteiger partial charge < -0.3 is 10.2 Å². The van der Waals surface area contributed by atoms with Crippen molar-refractivity contribution in [3.8, 4) is 0 Å². The number of rotatable bonds is 4. The Balaban J connectivity index is 1.61. The molecule has 1 heterocycles. The van der Waals surface area contributed by atoms with Crippen LogP contribution in [0.2, 0.25) is 0 Å². The van der Waals surface area contributed by atoms with Gasteiger partial charge in [0.25, 0.3) is 0 Å². The van der Waals surface area contributed by atoms with Crippen LogP contribution in [-0.4, -0.2) is 40.9 Å². The van der Waals surface area contributed by atoms with Gasteiger partial charge in [-0.15, -0.1) is 0 Å². The van der Waals surface area contributed by atoms with Crippen LogP contribution in [0, 0.1) is 0 Å². The molecule has 0 bridgehead atoms. The molecule has 0 atom stereocenters. The maximum Gasteiger partial charge on any atom is 0.230 e. The van der Waals surface area contributed by atoms with Crippen LogP contribution in [0.4, 0.5) is 5.69 Å². The molecule has 3 rings (SSSR count). The molecule has 1 aromatic carbocycles. The summed E-state index contributed by atoms with van der Waals surface area (Å²) in [5.41, 5.74) is 0.965. The summed E-state index contributed by atoms with van der Waals surface area (Å²) in [5.74, 6) is 0.607. The van der Waals surface area contributed by atoms with E-state index in [1.165, 1.54) is 44.9 Å². The lowest BCUT2D eigenvalue weighted by Gasteiger charge is -2.25. The first-order chi connectivity index (χ1) is 12.8. The molecule has 1 aliphatic heterocycles. The summed E-state index contributed by atoms with van der Waals surface area (Å²) >= 11 is 1.59. The van der Waals surface area contributed by atoms with E-state index in [2.05, 4.69) is 10.2 Å². The summed E-state index contributed by atoms with van der Waals surface area (Å²) < 4.78 is 0. The van der Waals surface area contributed by atoms with Gasteiger partial charge in [0.1, 0.15) is 0 Å². The molecule has 2 fully saturated rings. The molecule has 1 aromatic rings. The lowest BCUT2D eigenvalue weighted by Crippen LogP contribution is -2.38. The Morgan fingerprint density at radius 3 is 2.35 bits per heavy atom. The molecule has 1 saturated carbocycles. The van der Waals surface area contributed by atoms with Gasteiger partial charge in [0.2, 0.25) is 5.91 Å². The van der Waals surface area contributed by atoms with Crippen molar-refractivity contribution < 1.29 is 4.79 Å². The Labute approximate surface area is 161 Å². The van der Waals surface area contributed by atoms with Crippen LogP contribution in [0.15, 0.2) is 35.3 Å². The summed E-state index contributed by atoms with van der Waals surface area (Å²) in [6.45, 7) is 2.09. The van der Waals surface area contributed by atoms with E-state index in [-0.39, 0.29) is 5.91 Å². The standard InChI is InChI=1S/C21H31N3OS/c25-20(22-18-11-5-3-6-12-18)17-26-21(23-19-13-7-4-8-14-19)24-15-9-1-2-10-16-24/h4,7-8,13-14,18H,1-3,5-6,9-12,15-17H2,(H,22,25). The third-order valence-electron chi connectivity index (χ3n) is 5.16. The van der Waals surface area contributed by atoms with E-state index in [1.807, 2.05) is 30.3 Å². The van der Waals surface area contributed by atoms with E-state index in [0.717, 1.165) is 36.8 Å². The first kappa shape index (κ1) is 19.3. The number of aliphatic imine (C=N–C) groups is 1. The van der Waals surface area contributed by atoms with Crippen LogP contribution in [0.1, 0.15) is 57.8 Å². The first-order valence-corrected chi connectivity index (χ1v) is 11.1. The van der Waals surface area contributed by atoms with Crippen molar-refractivity contribution in [1.82, 2.24) is 10.2 Å². The van der Waals surface area contributed by atoms with E-state index in [9.17, 15) is 4.79 Å². The van der Waals surface area contributed by atoms with Gasteiger partial charge in [-0.2, -0.15) is 0 Å². The number of thioether (sulfide) groups is 1. The average molecular weight is 374 g/mol. The molecule has 0 aromatic heterocycles. The van der Waals surface area contributed by atoms with Gasteiger partial charge in [0.15, 0.2) is 5.17 Å². The summed E-state index contributed by atoms with van der Waals surface area (Å²) in [7, 11) is 0. The number of nitrogens with one attached hydrogen (secondary N) is 1. The molecular weight excluding hydrogens is 342 g/mol. The molecule has 5 heteroatoms. The number of para-hydroxylation sites is 1. The Bertz CT molecular complexity index is 576. The Hall–Kier alpha value is -1.49. The van der Waals surface area contributed by atoms with Gasteiger partial charge in [-0.05, 0) is 37.8 Å². The zero-order chi connectivity index (χ0) is 18.0. The highest BCUT2D eigenvalue weighted by Crippen LogP contribution is 2.21. The third kappa shape index (κ3) is 6.35. The van der Waals surface area contributed by atoms with Gasteiger partial charge in [0.05, 0.1) is 11.4 Å². The number of nitrogens with zero attached hydrogens (tertiary/aromatic N) is 2. The minimum atomic E-state index is 0.150. The number of hydrogen-bond donors (Lipinski definition) is 1. The lowest BCUT2D eigenvalue weighted by atomic mass is 9.95. The molecule has 1 amide bonds. The summed E-state index contributed by atoms with van der Waals surface area (Å²) in [6.07, 6.45) is 11.1. The molecule has 0 unspecified atom stereocenters. The molecule has 0 radical (unpaired) electrons. The zero-order valence-electron chi connectivity index (χ0n) is 15.7. The number of amides is 1. The quantitative estimate of drug-likeness (QED) is 0.613. The maximum atomic E-state index is 12.4. The minimum Gasteiger partial charge on any atom is -0.353 e. The summed E-state index contributed by atoms with van der Waals surface area (Å²) in [4.78, 5) is 19.7. The molecule has 4 nitrogen and oxygen atoms in total. The largest absolute Gasteiger partial charge is 0.353 e. The number of amidine groups is 1. The molecule has 1 N–H and O–H groups in total. The normalized spacial score (nSPS) is 19.8. The molecule has 1 aliphatic carbocycles. The van der Waals surface area contributed by atoms with Gasteiger partial charge in [-0.1, -0.05) is 62.1 Å². The minimum absolute atomic E-state index is 0.150. The number of carbonyl (C=O) groups is 1. The fraction of sp³-hybridized carbons (Fsp3) is 0.619. The Morgan fingerprint density at radius 2 is 1.65 bits per heavy atom. The topological polar surface area (TPSA) is 44.7 Å². The molecule has 142 valence electrons. The maximum absolute atomic E-state index is 12.4. The van der Waals surface area contributed by atoms with E-state index >= 15 is 0 Å². The van der Waals surface area contributed by atoms with Crippen molar-refractivity contribution in [3.05, 3.63) is 30.3 Å². The van der Waals surface area contributed by atoms with Crippen molar-refractivity contribution >= 4 is 28.5 Å². The molecule has 2 aliphatic rings. The van der Waals surface area contributed by atoms with Gasteiger partial charge in [-0.3, -0.25) is 4.79 Å². The second-order valence-corrected chi connectivity index (χ2v) is 8.26. The molecule has 26 heavy (non-hydrogen) atoms. The second-order valence-electron chi connectivity index (χ2n) is 7.32. The SMILES string of the molecule is O=C(CSC(=Nc1ccccc1)N1CCCCCC1)NC1CCCCC1. The smallest absolute Gasteiger partial charge is 0.230 e. The lowest BCUT2D eigenvalue weighted by molar-refractivity contribution is -0.119. The van der Waals surface area contributed by atoms with E-state index in [0.29, 0.717) is 11.8 Å². The molecule has 1 saturated heterocycles. The van der Waals surface area contributed by atoms with Gasteiger partial charge >= 0.3 is 0 Å². The van der Waals surface area contributed by atoms with Crippen molar-refractivity contribution in [3.63, 3.8) is 0 Å². The van der Waals surface area contributed by atoms with Crippen molar-refractivity contribution in [2.24, 2.45) is 4.99 Å². The Kier molecular flexibility index (Phi) is 7.87. The summed E-state index contributed by atoms with van der Waals surface area (Å²) in [6, 6.07) is 10.5. The predicted octanol–water partition coefficient (Wildman–Crippen LogP) is 4.73. The van der Waals surface area contributed by atoms with E-state index in [4.69, 9.17) is 4.99 Å². The average Bonchev–Trinajstić information content (AvgIpc) is 2.96. The summed E-state index contributed by atoms with van der Waals surface area (Å²) in [5, 5.41) is 4.22. The highest BCUT2D eigenvalue weighted by Gasteiger charge is 2.19. The number of benzene rings is 1. The highest BCUT2D eigenvalue weighted by molar-refractivity contribution is 8.14. The monoisotopic (exact) mass is 373 g/mol. The van der Waals surface area contributed by atoms with Crippen LogP contribution in [-0.2, 0) is 4.79 Å². The molecule has 0 spiro atoms. The first-order valence-electron chi connectivity index (χ1n) is 10.1. The van der Waals surface area contributed by atoms with Crippen molar-refractivity contribution in [2.45, 2.75) is 63.8 Å². The fourth-order valence-corrected chi connectivity index (χ4v) is 4.59. The highest BCUT2D eigenvalue weighted by atomic mass is 32.2. The van der Waals surface area contributed by atoms with E-state index < -0.39 is 0 Å².